The van der Waals surface area contributed by atoms with E-state index in [1.807, 2.05) is 13.2 Å². The third kappa shape index (κ3) is 3.24. The van der Waals surface area contributed by atoms with Crippen LogP contribution in [0.1, 0.15) is 31.2 Å². The molecule has 0 fully saturated rings. The first-order valence-electron chi connectivity index (χ1n) is 6.98. The van der Waals surface area contributed by atoms with E-state index in [1.165, 1.54) is 5.56 Å². The highest BCUT2D eigenvalue weighted by Crippen LogP contribution is 2.21. The van der Waals surface area contributed by atoms with Crippen molar-refractivity contribution in [3.63, 3.8) is 0 Å². The van der Waals surface area contributed by atoms with Crippen molar-refractivity contribution in [2.45, 2.75) is 38.8 Å². The smallest absolute Gasteiger partial charge is 0.110 e. The normalized spacial score (nSPS) is 14.3. The van der Waals surface area contributed by atoms with Gasteiger partial charge in [0.15, 0.2) is 0 Å². The first-order valence-corrected chi connectivity index (χ1v) is 6.98. The molecule has 1 N–H and O–H groups in total. The van der Waals surface area contributed by atoms with Crippen LogP contribution < -0.4 is 5.32 Å². The van der Waals surface area contributed by atoms with Crippen LogP contribution in [0.15, 0.2) is 42.7 Å². The predicted octanol–water partition coefficient (Wildman–Crippen LogP) is 2.84. The Kier molecular flexibility index (Phi) is 4.74. The molecule has 2 rings (SSSR count). The molecule has 0 aliphatic carbocycles. The van der Waals surface area contributed by atoms with Crippen molar-refractivity contribution in [1.82, 2.24) is 14.9 Å². The average Bonchev–Trinajstić information content (AvgIpc) is 2.92. The van der Waals surface area contributed by atoms with E-state index in [2.05, 4.69) is 65.2 Å². The highest BCUT2D eigenvalue weighted by molar-refractivity contribution is 5.21. The second-order valence-corrected chi connectivity index (χ2v) is 4.93. The molecule has 2 aromatic rings. The Morgan fingerprint density at radius 1 is 1.26 bits per heavy atom. The van der Waals surface area contributed by atoms with Gasteiger partial charge in [0.05, 0.1) is 0 Å². The van der Waals surface area contributed by atoms with E-state index in [0.29, 0.717) is 12.0 Å². The first kappa shape index (κ1) is 13.8. The van der Waals surface area contributed by atoms with Gasteiger partial charge in [-0.3, -0.25) is 0 Å². The maximum Gasteiger partial charge on any atom is 0.110 e. The zero-order chi connectivity index (χ0) is 13.7. The number of hydrogen-bond acceptors (Lipinski definition) is 2. The molecule has 1 aromatic carbocycles. The summed E-state index contributed by atoms with van der Waals surface area (Å²) < 4.78 is 2.21. The number of rotatable bonds is 6. The van der Waals surface area contributed by atoms with Crippen LogP contribution in [0.25, 0.3) is 0 Å². The molecule has 0 bridgehead atoms. The lowest BCUT2D eigenvalue weighted by molar-refractivity contribution is 0.465. The molecule has 3 nitrogen and oxygen atoms in total. The number of aryl methyl sites for hydroxylation is 1. The van der Waals surface area contributed by atoms with E-state index in [9.17, 15) is 0 Å². The van der Waals surface area contributed by atoms with Gasteiger partial charge in [0.2, 0.25) is 0 Å². The minimum Gasteiger partial charge on any atom is -0.335 e. The molecule has 0 saturated heterocycles. The molecule has 2 unspecified atom stereocenters. The zero-order valence-electron chi connectivity index (χ0n) is 12.0. The number of aromatic nitrogens is 2. The second-order valence-electron chi connectivity index (χ2n) is 4.93. The summed E-state index contributed by atoms with van der Waals surface area (Å²) in [5, 5.41) is 3.44. The summed E-state index contributed by atoms with van der Waals surface area (Å²) in [6.45, 7) is 5.40. The number of nitrogens with one attached hydrogen (secondary N) is 1. The van der Waals surface area contributed by atoms with Crippen molar-refractivity contribution in [1.29, 1.82) is 0 Å². The van der Waals surface area contributed by atoms with E-state index in [4.69, 9.17) is 0 Å². The summed E-state index contributed by atoms with van der Waals surface area (Å²) in [6.07, 6.45) is 4.89. The maximum atomic E-state index is 4.47. The van der Waals surface area contributed by atoms with Gasteiger partial charge in [-0.15, -0.1) is 0 Å². The van der Waals surface area contributed by atoms with Crippen LogP contribution in [0, 0.1) is 0 Å². The van der Waals surface area contributed by atoms with Gasteiger partial charge < -0.3 is 9.88 Å². The minimum absolute atomic E-state index is 0.398. The Hall–Kier alpha value is -1.61. The van der Waals surface area contributed by atoms with E-state index in [-0.39, 0.29) is 0 Å². The van der Waals surface area contributed by atoms with Crippen LogP contribution in [-0.2, 0) is 13.0 Å². The Labute approximate surface area is 115 Å². The number of nitrogens with zero attached hydrogens (tertiary/aromatic N) is 2. The van der Waals surface area contributed by atoms with Crippen LogP contribution >= 0.6 is 0 Å². The van der Waals surface area contributed by atoms with Crippen molar-refractivity contribution < 1.29 is 0 Å². The molecule has 102 valence electrons. The van der Waals surface area contributed by atoms with E-state index in [1.54, 1.807) is 0 Å². The molecular formula is C16H23N3. The number of benzene rings is 1. The molecule has 0 spiro atoms. The summed E-state index contributed by atoms with van der Waals surface area (Å²) >= 11 is 0. The van der Waals surface area contributed by atoms with Crippen LogP contribution in [0.3, 0.4) is 0 Å². The Bertz CT molecular complexity index is 490. The lowest BCUT2D eigenvalue weighted by Crippen LogP contribution is -2.33. The molecule has 3 heteroatoms. The fourth-order valence-corrected chi connectivity index (χ4v) is 2.53. The quantitative estimate of drug-likeness (QED) is 0.862. The van der Waals surface area contributed by atoms with Crippen molar-refractivity contribution in [3.8, 4) is 0 Å². The van der Waals surface area contributed by atoms with Gasteiger partial charge in [-0.05, 0) is 25.5 Å². The number of likely N-dealkylation sites (N-methyl/N-ethyl adjacent to an activating group) is 1. The molecule has 2 atom stereocenters. The largest absolute Gasteiger partial charge is 0.335 e. The Morgan fingerprint density at radius 3 is 2.63 bits per heavy atom. The summed E-state index contributed by atoms with van der Waals surface area (Å²) in [5.74, 6) is 1.62. The third-order valence-electron chi connectivity index (χ3n) is 3.84. The molecule has 0 radical (unpaired) electrons. The van der Waals surface area contributed by atoms with Crippen LogP contribution in [0.2, 0.25) is 0 Å². The fourth-order valence-electron chi connectivity index (χ4n) is 2.53. The van der Waals surface area contributed by atoms with Crippen molar-refractivity contribution in [3.05, 3.63) is 54.1 Å². The highest BCUT2D eigenvalue weighted by Gasteiger charge is 2.19. The zero-order valence-corrected chi connectivity index (χ0v) is 12.0. The van der Waals surface area contributed by atoms with E-state index in [0.717, 1.165) is 18.8 Å². The maximum absolute atomic E-state index is 4.47. The molecule has 1 aromatic heterocycles. The van der Waals surface area contributed by atoms with Crippen LogP contribution in [0.4, 0.5) is 0 Å². The number of hydrogen-bond donors (Lipinski definition) is 1. The summed E-state index contributed by atoms with van der Waals surface area (Å²) in [7, 11) is 2.03. The molecule has 19 heavy (non-hydrogen) atoms. The lowest BCUT2D eigenvalue weighted by atomic mass is 9.91. The van der Waals surface area contributed by atoms with Gasteiger partial charge in [-0.25, -0.2) is 4.98 Å². The lowest BCUT2D eigenvalue weighted by Gasteiger charge is -2.24. The van der Waals surface area contributed by atoms with Crippen molar-refractivity contribution in [2.75, 3.05) is 7.05 Å². The molecule has 0 aliphatic heterocycles. The van der Waals surface area contributed by atoms with E-state index >= 15 is 0 Å². The fraction of sp³-hybridized carbons (Fsp3) is 0.438. The molecular weight excluding hydrogens is 234 g/mol. The topological polar surface area (TPSA) is 29.9 Å². The van der Waals surface area contributed by atoms with Crippen LogP contribution in [0.5, 0.6) is 0 Å². The highest BCUT2D eigenvalue weighted by atomic mass is 15.1. The summed E-state index contributed by atoms with van der Waals surface area (Å²) in [5.41, 5.74) is 1.37. The summed E-state index contributed by atoms with van der Waals surface area (Å²) in [6, 6.07) is 11.1. The van der Waals surface area contributed by atoms with Gasteiger partial charge in [-0.2, -0.15) is 0 Å². The number of imidazole rings is 1. The monoisotopic (exact) mass is 257 g/mol. The van der Waals surface area contributed by atoms with Crippen molar-refractivity contribution >= 4 is 0 Å². The van der Waals surface area contributed by atoms with Gasteiger partial charge in [0.25, 0.3) is 0 Å². The average molecular weight is 257 g/mol. The summed E-state index contributed by atoms with van der Waals surface area (Å²) in [4.78, 5) is 4.47. The SMILES string of the molecule is CCn1ccnc1CC(NC)C(C)c1ccccc1. The first-order chi connectivity index (χ1) is 9.26. The Morgan fingerprint density at radius 2 is 2.00 bits per heavy atom. The molecule has 0 amide bonds. The third-order valence-corrected chi connectivity index (χ3v) is 3.84. The van der Waals surface area contributed by atoms with Crippen molar-refractivity contribution in [2.24, 2.45) is 0 Å². The predicted molar refractivity (Wildman–Crippen MR) is 79.3 cm³/mol. The van der Waals surface area contributed by atoms with Gasteiger partial charge in [0, 0.05) is 31.4 Å². The Balaban J connectivity index is 2.12. The molecule has 0 aliphatic rings. The van der Waals surface area contributed by atoms with Gasteiger partial charge >= 0.3 is 0 Å². The molecule has 1 heterocycles. The second kappa shape index (κ2) is 6.53. The minimum atomic E-state index is 0.398. The molecule has 0 saturated carbocycles. The van der Waals surface area contributed by atoms with E-state index < -0.39 is 0 Å². The van der Waals surface area contributed by atoms with Crippen LogP contribution in [-0.4, -0.2) is 22.6 Å². The standard InChI is InChI=1S/C16H23N3/c1-4-19-11-10-18-16(19)12-15(17-3)13(2)14-8-6-5-7-9-14/h5-11,13,15,17H,4,12H2,1-3H3. The van der Waals surface area contributed by atoms with Gasteiger partial charge in [0.1, 0.15) is 5.82 Å². The van der Waals surface area contributed by atoms with Gasteiger partial charge in [-0.1, -0.05) is 37.3 Å².